The van der Waals surface area contributed by atoms with Gasteiger partial charge in [-0.1, -0.05) is 42.5 Å². The third-order valence-corrected chi connectivity index (χ3v) is 3.58. The Bertz CT molecular complexity index is 361. The first-order valence-electron chi connectivity index (χ1n) is 6.93. The van der Waals surface area contributed by atoms with E-state index < -0.39 is 0 Å². The molecule has 0 amide bonds. The zero-order chi connectivity index (χ0) is 12.6. The van der Waals surface area contributed by atoms with E-state index in [4.69, 9.17) is 0 Å². The lowest BCUT2D eigenvalue weighted by atomic mass is 9.99. The van der Waals surface area contributed by atoms with Gasteiger partial charge in [0, 0.05) is 19.7 Å². The minimum absolute atomic E-state index is 0.344. The van der Waals surface area contributed by atoms with Crippen molar-refractivity contribution in [2.45, 2.75) is 19.3 Å². The van der Waals surface area contributed by atoms with Crippen molar-refractivity contribution < 1.29 is 5.11 Å². The Labute approximate surface area is 110 Å². The maximum absolute atomic E-state index is 9.19. The lowest BCUT2D eigenvalue weighted by Gasteiger charge is -2.31. The van der Waals surface area contributed by atoms with Crippen LogP contribution < -0.4 is 0 Å². The summed E-state index contributed by atoms with van der Waals surface area (Å²) in [6.07, 6.45) is 7.94. The van der Waals surface area contributed by atoms with Gasteiger partial charge in [0.05, 0.1) is 0 Å². The number of aliphatic hydroxyl groups excluding tert-OH is 1. The SMILES string of the molecule is OCC1CCCN(CC/C=C/c2ccccc2)C1. The number of likely N-dealkylation sites (tertiary alicyclic amines) is 1. The molecule has 1 aromatic carbocycles. The topological polar surface area (TPSA) is 23.5 Å². The van der Waals surface area contributed by atoms with Crippen LogP contribution in [0.25, 0.3) is 6.08 Å². The van der Waals surface area contributed by atoms with E-state index in [1.54, 1.807) is 0 Å². The number of nitrogens with zero attached hydrogens (tertiary/aromatic N) is 1. The fourth-order valence-electron chi connectivity index (χ4n) is 2.54. The monoisotopic (exact) mass is 245 g/mol. The fourth-order valence-corrected chi connectivity index (χ4v) is 2.54. The van der Waals surface area contributed by atoms with Gasteiger partial charge in [-0.2, -0.15) is 0 Å². The number of hydrogen-bond acceptors (Lipinski definition) is 2. The van der Waals surface area contributed by atoms with Crippen LogP contribution in [0, 0.1) is 5.92 Å². The first-order chi connectivity index (χ1) is 8.88. The highest BCUT2D eigenvalue weighted by Gasteiger charge is 2.17. The predicted molar refractivity (Wildman–Crippen MR) is 76.3 cm³/mol. The molecule has 0 saturated carbocycles. The predicted octanol–water partition coefficient (Wildman–Crippen LogP) is 2.79. The summed E-state index contributed by atoms with van der Waals surface area (Å²) in [4.78, 5) is 2.47. The molecule has 0 bridgehead atoms. The van der Waals surface area contributed by atoms with E-state index in [0.717, 1.165) is 19.5 Å². The third kappa shape index (κ3) is 4.28. The van der Waals surface area contributed by atoms with Crippen LogP contribution >= 0.6 is 0 Å². The lowest BCUT2D eigenvalue weighted by Crippen LogP contribution is -2.37. The molecule has 98 valence electrons. The van der Waals surface area contributed by atoms with Gasteiger partial charge in [-0.25, -0.2) is 0 Å². The van der Waals surface area contributed by atoms with Gasteiger partial charge in [0.25, 0.3) is 0 Å². The summed E-state index contributed by atoms with van der Waals surface area (Å²) in [5.74, 6) is 0.497. The lowest BCUT2D eigenvalue weighted by molar-refractivity contribution is 0.122. The Kier molecular flexibility index (Phi) is 5.43. The Balaban J connectivity index is 1.70. The van der Waals surface area contributed by atoms with Gasteiger partial charge in [-0.05, 0) is 37.3 Å². The molecule has 1 aliphatic heterocycles. The van der Waals surface area contributed by atoms with Crippen LogP contribution in [0.4, 0.5) is 0 Å². The van der Waals surface area contributed by atoms with Crippen molar-refractivity contribution in [2.75, 3.05) is 26.2 Å². The summed E-state index contributed by atoms with van der Waals surface area (Å²) in [5, 5.41) is 9.19. The van der Waals surface area contributed by atoms with Crippen LogP contribution in [0.2, 0.25) is 0 Å². The quantitative estimate of drug-likeness (QED) is 0.862. The molecule has 0 aliphatic carbocycles. The van der Waals surface area contributed by atoms with Crippen molar-refractivity contribution in [2.24, 2.45) is 5.92 Å². The fraction of sp³-hybridized carbons (Fsp3) is 0.500. The Morgan fingerprint density at radius 3 is 2.89 bits per heavy atom. The van der Waals surface area contributed by atoms with E-state index in [9.17, 15) is 5.11 Å². The Hall–Kier alpha value is -1.12. The maximum atomic E-state index is 9.19. The zero-order valence-electron chi connectivity index (χ0n) is 11.0. The highest BCUT2D eigenvalue weighted by Crippen LogP contribution is 2.15. The van der Waals surface area contributed by atoms with Gasteiger partial charge in [0.1, 0.15) is 0 Å². The second kappa shape index (κ2) is 7.34. The van der Waals surface area contributed by atoms with E-state index >= 15 is 0 Å². The summed E-state index contributed by atoms with van der Waals surface area (Å²) in [7, 11) is 0. The largest absolute Gasteiger partial charge is 0.396 e. The van der Waals surface area contributed by atoms with E-state index in [-0.39, 0.29) is 0 Å². The van der Waals surface area contributed by atoms with Crippen molar-refractivity contribution in [3.63, 3.8) is 0 Å². The molecule has 1 N–H and O–H groups in total. The molecule has 1 unspecified atom stereocenters. The first-order valence-corrected chi connectivity index (χ1v) is 6.93. The maximum Gasteiger partial charge on any atom is 0.0471 e. The molecule has 1 fully saturated rings. The van der Waals surface area contributed by atoms with E-state index in [1.807, 2.05) is 6.07 Å². The molecule has 2 rings (SSSR count). The summed E-state index contributed by atoms with van der Waals surface area (Å²) in [6, 6.07) is 10.4. The van der Waals surface area contributed by atoms with Crippen molar-refractivity contribution in [3.05, 3.63) is 42.0 Å². The second-order valence-electron chi connectivity index (χ2n) is 5.09. The molecular formula is C16H23NO. The van der Waals surface area contributed by atoms with Crippen LogP contribution in [0.3, 0.4) is 0 Å². The van der Waals surface area contributed by atoms with Crippen LogP contribution in [0.15, 0.2) is 36.4 Å². The van der Waals surface area contributed by atoms with Crippen molar-refractivity contribution in [1.29, 1.82) is 0 Å². The number of rotatable bonds is 5. The molecule has 1 aromatic rings. The van der Waals surface area contributed by atoms with Gasteiger partial charge in [-0.3, -0.25) is 0 Å². The minimum atomic E-state index is 0.344. The normalized spacial score (nSPS) is 21.5. The second-order valence-corrected chi connectivity index (χ2v) is 5.09. The molecule has 0 aromatic heterocycles. The van der Waals surface area contributed by atoms with E-state index in [0.29, 0.717) is 12.5 Å². The van der Waals surface area contributed by atoms with Gasteiger partial charge in [0.2, 0.25) is 0 Å². The Morgan fingerprint density at radius 1 is 1.28 bits per heavy atom. The zero-order valence-corrected chi connectivity index (χ0v) is 11.0. The van der Waals surface area contributed by atoms with Crippen LogP contribution in [0.1, 0.15) is 24.8 Å². The summed E-state index contributed by atoms with van der Waals surface area (Å²) in [5.41, 5.74) is 1.27. The molecule has 2 heteroatoms. The van der Waals surface area contributed by atoms with Crippen LogP contribution in [0.5, 0.6) is 0 Å². The number of hydrogen-bond donors (Lipinski definition) is 1. The van der Waals surface area contributed by atoms with E-state index in [1.165, 1.54) is 24.9 Å². The van der Waals surface area contributed by atoms with Crippen LogP contribution in [-0.2, 0) is 0 Å². The van der Waals surface area contributed by atoms with E-state index in [2.05, 4.69) is 41.3 Å². The molecule has 18 heavy (non-hydrogen) atoms. The minimum Gasteiger partial charge on any atom is -0.396 e. The molecule has 1 atom stereocenters. The molecule has 0 spiro atoms. The standard InChI is InChI=1S/C16H23NO/c18-14-16-10-6-12-17(13-16)11-5-4-9-15-7-2-1-3-8-15/h1-4,7-9,16,18H,5-6,10-14H2/b9-4+. The molecule has 1 aliphatic rings. The van der Waals surface area contributed by atoms with Gasteiger partial charge >= 0.3 is 0 Å². The number of aliphatic hydroxyl groups is 1. The molecule has 0 radical (unpaired) electrons. The van der Waals surface area contributed by atoms with Crippen molar-refractivity contribution in [1.82, 2.24) is 4.90 Å². The molecule has 2 nitrogen and oxygen atoms in total. The summed E-state index contributed by atoms with van der Waals surface area (Å²) in [6.45, 7) is 3.71. The Morgan fingerprint density at radius 2 is 2.11 bits per heavy atom. The van der Waals surface area contributed by atoms with Gasteiger partial charge < -0.3 is 10.0 Å². The molecular weight excluding hydrogens is 222 g/mol. The summed E-state index contributed by atoms with van der Waals surface area (Å²) < 4.78 is 0. The van der Waals surface area contributed by atoms with Crippen molar-refractivity contribution >= 4 is 6.08 Å². The molecule has 1 heterocycles. The highest BCUT2D eigenvalue weighted by molar-refractivity contribution is 5.48. The third-order valence-electron chi connectivity index (χ3n) is 3.58. The number of benzene rings is 1. The van der Waals surface area contributed by atoms with Crippen LogP contribution in [-0.4, -0.2) is 36.2 Å². The summed E-state index contributed by atoms with van der Waals surface area (Å²) >= 11 is 0. The van der Waals surface area contributed by atoms with Crippen molar-refractivity contribution in [3.8, 4) is 0 Å². The molecule has 1 saturated heterocycles. The first kappa shape index (κ1) is 13.3. The van der Waals surface area contributed by atoms with Gasteiger partial charge in [0.15, 0.2) is 0 Å². The van der Waals surface area contributed by atoms with Gasteiger partial charge in [-0.15, -0.1) is 0 Å². The average Bonchev–Trinajstić information content (AvgIpc) is 2.45. The number of piperidine rings is 1. The average molecular weight is 245 g/mol. The smallest absolute Gasteiger partial charge is 0.0471 e. The highest BCUT2D eigenvalue weighted by atomic mass is 16.3.